The number of rotatable bonds is 3. The molecule has 1 aliphatic carbocycles. The zero-order chi connectivity index (χ0) is 18.1. The van der Waals surface area contributed by atoms with Crippen molar-refractivity contribution in [3.63, 3.8) is 0 Å². The number of halogens is 1. The minimum atomic E-state index is -0.650. The van der Waals surface area contributed by atoms with Crippen LogP contribution >= 0.6 is 0 Å². The maximum absolute atomic E-state index is 13.7. The van der Waals surface area contributed by atoms with Gasteiger partial charge >= 0.3 is 0 Å². The van der Waals surface area contributed by atoms with Crippen molar-refractivity contribution >= 4 is 16.6 Å². The summed E-state index contributed by atoms with van der Waals surface area (Å²) in [6.45, 7) is 0. The van der Waals surface area contributed by atoms with Gasteiger partial charge in [-0.2, -0.15) is 0 Å². The number of aromatic amines is 1. The van der Waals surface area contributed by atoms with Crippen LogP contribution in [0, 0.1) is 5.82 Å². The van der Waals surface area contributed by atoms with Gasteiger partial charge in [-0.3, -0.25) is 0 Å². The van der Waals surface area contributed by atoms with E-state index in [1.165, 1.54) is 12.1 Å². The number of fused-ring (bicyclic) bond motifs is 1. The lowest BCUT2D eigenvalue weighted by Crippen LogP contribution is -1.90. The van der Waals surface area contributed by atoms with Crippen LogP contribution in [-0.4, -0.2) is 22.2 Å². The first-order chi connectivity index (χ1) is 12.7. The molecule has 2 heterocycles. The van der Waals surface area contributed by atoms with Crippen LogP contribution in [0.4, 0.5) is 4.39 Å². The molecule has 0 radical (unpaired) electrons. The summed E-state index contributed by atoms with van der Waals surface area (Å²) in [6.07, 6.45) is 12.2. The first-order valence-electron chi connectivity index (χ1n) is 8.22. The Balaban J connectivity index is 1.80. The number of methoxy groups -OCH3 is 1. The Hall–Kier alpha value is -3.34. The van der Waals surface area contributed by atoms with Crippen molar-refractivity contribution < 1.29 is 14.2 Å². The van der Waals surface area contributed by atoms with E-state index in [4.69, 9.17) is 4.74 Å². The number of nitrogens with one attached hydrogen (secondary N) is 1. The van der Waals surface area contributed by atoms with Crippen LogP contribution in [0.1, 0.15) is 12.0 Å². The molecule has 0 aliphatic heterocycles. The molecule has 5 heteroatoms. The van der Waals surface area contributed by atoms with Gasteiger partial charge in [0, 0.05) is 35.3 Å². The molecule has 0 bridgehead atoms. The van der Waals surface area contributed by atoms with E-state index >= 15 is 0 Å². The van der Waals surface area contributed by atoms with Gasteiger partial charge in [-0.15, -0.1) is 0 Å². The molecule has 0 saturated heterocycles. The second-order valence-electron chi connectivity index (χ2n) is 6.08. The third kappa shape index (κ3) is 2.88. The fourth-order valence-electron chi connectivity index (χ4n) is 3.08. The summed E-state index contributed by atoms with van der Waals surface area (Å²) in [7, 11) is 1.66. The molecule has 2 aromatic heterocycles. The number of hydrogen-bond acceptors (Lipinski definition) is 3. The number of phenols is 1. The van der Waals surface area contributed by atoms with Crippen LogP contribution in [0.15, 0.2) is 66.7 Å². The lowest BCUT2D eigenvalue weighted by Gasteiger charge is -2.09. The van der Waals surface area contributed by atoms with E-state index < -0.39 is 5.82 Å². The molecular weight excluding hydrogens is 331 g/mol. The van der Waals surface area contributed by atoms with Gasteiger partial charge in [-0.1, -0.05) is 24.3 Å². The van der Waals surface area contributed by atoms with Crippen LogP contribution in [-0.2, 0) is 4.74 Å². The molecule has 1 aromatic carbocycles. The van der Waals surface area contributed by atoms with E-state index in [0.29, 0.717) is 12.0 Å². The van der Waals surface area contributed by atoms with E-state index in [9.17, 15) is 9.50 Å². The van der Waals surface area contributed by atoms with Crippen molar-refractivity contribution in [2.24, 2.45) is 0 Å². The average Bonchev–Trinajstić information content (AvgIpc) is 2.93. The minimum Gasteiger partial charge on any atom is -0.505 e. The Bertz CT molecular complexity index is 1080. The minimum absolute atomic E-state index is 0.362. The number of aromatic nitrogens is 2. The molecular formula is C21H17FN2O2. The van der Waals surface area contributed by atoms with Crippen LogP contribution in [0.3, 0.4) is 0 Å². The number of H-pyrrole nitrogens is 1. The Kier molecular flexibility index (Phi) is 4.05. The van der Waals surface area contributed by atoms with Gasteiger partial charge < -0.3 is 14.8 Å². The SMILES string of the molecule is COC1=CC=CC=C(c2c[nH]c3ncc(-c4ccc(O)c(F)c4)cc23)C1. The van der Waals surface area contributed by atoms with E-state index in [1.807, 2.05) is 30.5 Å². The molecule has 0 fully saturated rings. The van der Waals surface area contributed by atoms with Crippen molar-refractivity contribution in [2.75, 3.05) is 7.11 Å². The molecule has 0 spiro atoms. The van der Waals surface area contributed by atoms with Crippen LogP contribution in [0.2, 0.25) is 0 Å². The van der Waals surface area contributed by atoms with Crippen molar-refractivity contribution in [2.45, 2.75) is 6.42 Å². The number of ether oxygens (including phenoxy) is 1. The first kappa shape index (κ1) is 16.1. The maximum atomic E-state index is 13.7. The number of nitrogens with zero attached hydrogens (tertiary/aromatic N) is 1. The first-order valence-corrected chi connectivity index (χ1v) is 8.22. The summed E-state index contributed by atoms with van der Waals surface area (Å²) in [5.41, 5.74) is 4.34. The van der Waals surface area contributed by atoms with E-state index in [2.05, 4.69) is 16.0 Å². The number of phenolic OH excluding ortho intramolecular Hbond substituents is 1. The molecule has 0 amide bonds. The molecule has 4 rings (SSSR count). The van der Waals surface area contributed by atoms with Gasteiger partial charge in [0.1, 0.15) is 5.65 Å². The van der Waals surface area contributed by atoms with Gasteiger partial charge in [0.25, 0.3) is 0 Å². The third-order valence-corrected chi connectivity index (χ3v) is 4.48. The van der Waals surface area contributed by atoms with Crippen LogP contribution in [0.5, 0.6) is 5.75 Å². The van der Waals surface area contributed by atoms with Gasteiger partial charge in [-0.05, 0) is 35.4 Å². The fraction of sp³-hybridized carbons (Fsp3) is 0.0952. The third-order valence-electron chi connectivity index (χ3n) is 4.48. The highest BCUT2D eigenvalue weighted by Gasteiger charge is 2.14. The topological polar surface area (TPSA) is 58.1 Å². The highest BCUT2D eigenvalue weighted by atomic mass is 19.1. The lowest BCUT2D eigenvalue weighted by atomic mass is 9.99. The monoisotopic (exact) mass is 348 g/mol. The van der Waals surface area contributed by atoms with Gasteiger partial charge in [-0.25, -0.2) is 9.37 Å². The molecule has 1 aliphatic rings. The maximum Gasteiger partial charge on any atom is 0.165 e. The second-order valence-corrected chi connectivity index (χ2v) is 6.08. The van der Waals surface area contributed by atoms with Crippen LogP contribution < -0.4 is 0 Å². The molecule has 0 unspecified atom stereocenters. The Morgan fingerprint density at radius 2 is 2.00 bits per heavy atom. The molecule has 130 valence electrons. The summed E-state index contributed by atoms with van der Waals surface area (Å²) in [6, 6.07) is 6.31. The smallest absolute Gasteiger partial charge is 0.165 e. The molecule has 4 nitrogen and oxygen atoms in total. The van der Waals surface area contributed by atoms with Crippen molar-refractivity contribution in [3.05, 3.63) is 78.1 Å². The average molecular weight is 348 g/mol. The summed E-state index contributed by atoms with van der Waals surface area (Å²) < 4.78 is 19.1. The van der Waals surface area contributed by atoms with Crippen molar-refractivity contribution in [1.29, 1.82) is 0 Å². The van der Waals surface area contributed by atoms with E-state index in [-0.39, 0.29) is 5.75 Å². The number of hydrogen-bond donors (Lipinski definition) is 2. The van der Waals surface area contributed by atoms with E-state index in [0.717, 1.165) is 33.5 Å². The zero-order valence-electron chi connectivity index (χ0n) is 14.2. The highest BCUT2D eigenvalue weighted by molar-refractivity contribution is 5.93. The lowest BCUT2D eigenvalue weighted by molar-refractivity contribution is 0.286. The summed E-state index contributed by atoms with van der Waals surface area (Å²) in [4.78, 5) is 7.64. The highest BCUT2D eigenvalue weighted by Crippen LogP contribution is 2.33. The van der Waals surface area contributed by atoms with Gasteiger partial charge in [0.2, 0.25) is 0 Å². The fourth-order valence-corrected chi connectivity index (χ4v) is 3.08. The molecule has 3 aromatic rings. The number of aromatic hydroxyl groups is 1. The molecule has 26 heavy (non-hydrogen) atoms. The normalized spacial score (nSPS) is 14.1. The van der Waals surface area contributed by atoms with Gasteiger partial charge in [0.05, 0.1) is 12.9 Å². The van der Waals surface area contributed by atoms with Crippen LogP contribution in [0.25, 0.3) is 27.7 Å². The second kappa shape index (κ2) is 6.52. The molecule has 0 atom stereocenters. The van der Waals surface area contributed by atoms with Gasteiger partial charge in [0.15, 0.2) is 11.6 Å². The largest absolute Gasteiger partial charge is 0.505 e. The molecule has 2 N–H and O–H groups in total. The Morgan fingerprint density at radius 3 is 2.81 bits per heavy atom. The summed E-state index contributed by atoms with van der Waals surface area (Å²) >= 11 is 0. The quantitative estimate of drug-likeness (QED) is 0.704. The predicted octanol–water partition coefficient (Wildman–Crippen LogP) is 4.95. The number of benzene rings is 1. The summed E-state index contributed by atoms with van der Waals surface area (Å²) in [5.74, 6) is -0.133. The number of pyridine rings is 1. The molecule has 0 saturated carbocycles. The summed E-state index contributed by atoms with van der Waals surface area (Å²) in [5, 5.41) is 10.3. The predicted molar refractivity (Wildman–Crippen MR) is 100.0 cm³/mol. The zero-order valence-corrected chi connectivity index (χ0v) is 14.2. The van der Waals surface area contributed by atoms with Crippen molar-refractivity contribution in [1.82, 2.24) is 9.97 Å². The Labute approximate surface area is 150 Å². The standard InChI is InChI=1S/C21H17FN2O2/c1-26-16-5-3-2-4-14(8-16)18-12-24-21-17(18)9-15(11-23-21)13-6-7-20(25)19(22)10-13/h2-7,9-12,25H,8H2,1H3,(H,23,24). The van der Waals surface area contributed by atoms with Crippen molar-refractivity contribution in [3.8, 4) is 16.9 Å². The van der Waals surface area contributed by atoms with E-state index in [1.54, 1.807) is 19.4 Å². The number of allylic oxidation sites excluding steroid dienone is 5. The Morgan fingerprint density at radius 1 is 1.15 bits per heavy atom.